The van der Waals surface area contributed by atoms with E-state index in [1.165, 1.54) is 0 Å². The van der Waals surface area contributed by atoms with Crippen molar-refractivity contribution in [3.8, 4) is 0 Å². The highest BCUT2D eigenvalue weighted by Gasteiger charge is 2.40. The summed E-state index contributed by atoms with van der Waals surface area (Å²) >= 11 is 6.43. The summed E-state index contributed by atoms with van der Waals surface area (Å²) in [7, 11) is 0. The predicted octanol–water partition coefficient (Wildman–Crippen LogP) is 3.80. The molecule has 10 heteroatoms. The van der Waals surface area contributed by atoms with Crippen molar-refractivity contribution in [3.63, 3.8) is 0 Å². The van der Waals surface area contributed by atoms with Crippen LogP contribution in [0.25, 0.3) is 21.8 Å². The fourth-order valence-electron chi connectivity index (χ4n) is 5.70. The molecular formula is C28H36ClN5O4. The number of carbonyl (C=O) groups is 2. The molecule has 5 rings (SSSR count). The van der Waals surface area contributed by atoms with Crippen molar-refractivity contribution in [2.75, 3.05) is 38.1 Å². The highest BCUT2D eigenvalue weighted by Crippen LogP contribution is 2.34. The van der Waals surface area contributed by atoms with Gasteiger partial charge in [-0.3, -0.25) is 19.5 Å². The number of aromatic amines is 1. The minimum atomic E-state index is -0.750. The normalized spacial score (nSPS) is 21.2. The molecule has 1 aromatic carbocycles. The maximum absolute atomic E-state index is 13.6. The number of anilines is 1. The van der Waals surface area contributed by atoms with Crippen molar-refractivity contribution >= 4 is 50.9 Å². The van der Waals surface area contributed by atoms with Crippen LogP contribution in [0.15, 0.2) is 30.6 Å². The van der Waals surface area contributed by atoms with Crippen LogP contribution >= 0.6 is 11.6 Å². The fourth-order valence-corrected chi connectivity index (χ4v) is 5.92. The molecule has 1 unspecified atom stereocenters. The molecule has 2 amide bonds. The van der Waals surface area contributed by atoms with Gasteiger partial charge in [0.1, 0.15) is 6.04 Å². The number of fused-ring (bicyclic) bond motifs is 3. The molecule has 4 heterocycles. The number of carbonyl (C=O) groups excluding carboxylic acids is 2. The van der Waals surface area contributed by atoms with Gasteiger partial charge >= 0.3 is 0 Å². The van der Waals surface area contributed by atoms with Crippen LogP contribution in [0.2, 0.25) is 5.02 Å². The minimum absolute atomic E-state index is 0.0111. The molecule has 2 aromatic heterocycles. The number of rotatable bonds is 5. The standard InChI is InChI=1S/C28H36ClN5O4/c1-27(2)16-34(14-24(35)33-9-6-17(7-10-33)28(3,4)37)23(15-38-27)26(36)32-21-12-18(29)11-20-19-5-8-30-13-22(19)31-25(20)21/h5,8,11-13,17,23,31,37H,6-7,9-10,14-16H2,1-4H3,(H,32,36). The number of benzene rings is 1. The van der Waals surface area contributed by atoms with Crippen molar-refractivity contribution in [1.82, 2.24) is 19.8 Å². The zero-order chi connectivity index (χ0) is 27.2. The largest absolute Gasteiger partial charge is 0.390 e. The lowest BCUT2D eigenvalue weighted by Crippen LogP contribution is -2.60. The zero-order valence-electron chi connectivity index (χ0n) is 22.4. The number of halogens is 1. The third-order valence-corrected chi connectivity index (χ3v) is 8.09. The molecule has 0 radical (unpaired) electrons. The third kappa shape index (κ3) is 5.52. The first-order chi connectivity index (χ1) is 17.9. The quantitative estimate of drug-likeness (QED) is 0.453. The lowest BCUT2D eigenvalue weighted by molar-refractivity contribution is -0.151. The number of aliphatic hydroxyl groups is 1. The highest BCUT2D eigenvalue weighted by molar-refractivity contribution is 6.33. The molecule has 9 nitrogen and oxygen atoms in total. The van der Waals surface area contributed by atoms with Gasteiger partial charge in [0.15, 0.2) is 0 Å². The van der Waals surface area contributed by atoms with E-state index in [0.29, 0.717) is 30.3 Å². The van der Waals surface area contributed by atoms with Gasteiger partial charge in [-0.05, 0) is 64.7 Å². The molecule has 38 heavy (non-hydrogen) atoms. The first-order valence-corrected chi connectivity index (χ1v) is 13.5. The summed E-state index contributed by atoms with van der Waals surface area (Å²) in [5, 5.41) is 15.8. The number of morpholine rings is 1. The monoisotopic (exact) mass is 541 g/mol. The van der Waals surface area contributed by atoms with E-state index < -0.39 is 17.2 Å². The van der Waals surface area contributed by atoms with Gasteiger partial charge in [-0.1, -0.05) is 11.6 Å². The second kappa shape index (κ2) is 10.1. The van der Waals surface area contributed by atoms with E-state index in [1.807, 2.05) is 49.6 Å². The maximum atomic E-state index is 13.6. The number of hydrogen-bond acceptors (Lipinski definition) is 6. The molecule has 3 aromatic rings. The van der Waals surface area contributed by atoms with Crippen molar-refractivity contribution in [3.05, 3.63) is 35.6 Å². The topological polar surface area (TPSA) is 111 Å². The Balaban J connectivity index is 1.33. The average molecular weight is 542 g/mol. The SMILES string of the molecule is CC1(C)CN(CC(=O)N2CCC(C(C)(C)O)CC2)C(C(=O)Nc2cc(Cl)cc3c2[nH]c2cnccc23)CO1. The Bertz CT molecular complexity index is 1360. The second-order valence-electron chi connectivity index (χ2n) is 11.7. The van der Waals surface area contributed by atoms with Gasteiger partial charge < -0.3 is 25.0 Å². The van der Waals surface area contributed by atoms with E-state index >= 15 is 0 Å². The van der Waals surface area contributed by atoms with E-state index in [2.05, 4.69) is 15.3 Å². The molecule has 0 saturated carbocycles. The smallest absolute Gasteiger partial charge is 0.244 e. The number of amides is 2. The fraction of sp³-hybridized carbons (Fsp3) is 0.536. The van der Waals surface area contributed by atoms with Crippen molar-refractivity contribution < 1.29 is 19.4 Å². The third-order valence-electron chi connectivity index (χ3n) is 7.88. The lowest BCUT2D eigenvalue weighted by Gasteiger charge is -2.44. The predicted molar refractivity (Wildman–Crippen MR) is 148 cm³/mol. The van der Waals surface area contributed by atoms with Crippen LogP contribution in [0.4, 0.5) is 5.69 Å². The number of ether oxygens (including phenoxy) is 1. The van der Waals surface area contributed by atoms with Gasteiger partial charge in [-0.25, -0.2) is 0 Å². The van der Waals surface area contributed by atoms with Crippen LogP contribution in [0.1, 0.15) is 40.5 Å². The van der Waals surface area contributed by atoms with Gasteiger partial charge in [-0.15, -0.1) is 0 Å². The van der Waals surface area contributed by atoms with Crippen molar-refractivity contribution in [1.29, 1.82) is 0 Å². The number of piperidine rings is 1. The summed E-state index contributed by atoms with van der Waals surface area (Å²) in [5.74, 6) is -0.0975. The van der Waals surface area contributed by atoms with Crippen LogP contribution in [-0.4, -0.2) is 86.7 Å². The van der Waals surface area contributed by atoms with Crippen LogP contribution in [-0.2, 0) is 14.3 Å². The van der Waals surface area contributed by atoms with Crippen LogP contribution < -0.4 is 5.32 Å². The van der Waals surface area contributed by atoms with Gasteiger partial charge in [0.05, 0.1) is 47.3 Å². The number of aromatic nitrogens is 2. The summed E-state index contributed by atoms with van der Waals surface area (Å²) in [6.07, 6.45) is 4.98. The number of pyridine rings is 1. The Morgan fingerprint density at radius 3 is 2.71 bits per heavy atom. The van der Waals surface area contributed by atoms with E-state index in [1.54, 1.807) is 18.5 Å². The molecule has 204 valence electrons. The van der Waals surface area contributed by atoms with Gasteiger partial charge in [0.25, 0.3) is 0 Å². The second-order valence-corrected chi connectivity index (χ2v) is 12.1. The van der Waals surface area contributed by atoms with Gasteiger partial charge in [0.2, 0.25) is 11.8 Å². The summed E-state index contributed by atoms with van der Waals surface area (Å²) in [5.41, 5.74) is 0.945. The highest BCUT2D eigenvalue weighted by atomic mass is 35.5. The molecule has 2 aliphatic heterocycles. The summed E-state index contributed by atoms with van der Waals surface area (Å²) < 4.78 is 6.01. The van der Waals surface area contributed by atoms with E-state index in [-0.39, 0.29) is 30.9 Å². The van der Waals surface area contributed by atoms with Crippen LogP contribution in [0.5, 0.6) is 0 Å². The molecular weight excluding hydrogens is 506 g/mol. The van der Waals surface area contributed by atoms with E-state index in [4.69, 9.17) is 16.3 Å². The Morgan fingerprint density at radius 1 is 1.26 bits per heavy atom. The maximum Gasteiger partial charge on any atom is 0.244 e. The summed E-state index contributed by atoms with van der Waals surface area (Å²) in [6.45, 7) is 9.54. The number of nitrogens with one attached hydrogen (secondary N) is 2. The Morgan fingerprint density at radius 2 is 2.00 bits per heavy atom. The van der Waals surface area contributed by atoms with E-state index in [0.717, 1.165) is 34.6 Å². The molecule has 3 N–H and O–H groups in total. The van der Waals surface area contributed by atoms with Crippen molar-refractivity contribution in [2.45, 2.75) is 57.8 Å². The molecule has 1 atom stereocenters. The van der Waals surface area contributed by atoms with Crippen LogP contribution in [0.3, 0.4) is 0 Å². The average Bonchev–Trinajstić information content (AvgIpc) is 3.22. The molecule has 2 fully saturated rings. The first-order valence-electron chi connectivity index (χ1n) is 13.2. The number of nitrogens with zero attached hydrogens (tertiary/aromatic N) is 3. The molecule has 2 saturated heterocycles. The Kier molecular flexibility index (Phi) is 7.15. The van der Waals surface area contributed by atoms with Gasteiger partial charge in [-0.2, -0.15) is 0 Å². The van der Waals surface area contributed by atoms with Crippen molar-refractivity contribution in [2.24, 2.45) is 5.92 Å². The number of hydrogen-bond donors (Lipinski definition) is 3. The molecule has 2 aliphatic rings. The minimum Gasteiger partial charge on any atom is -0.390 e. The first kappa shape index (κ1) is 26.9. The van der Waals surface area contributed by atoms with E-state index in [9.17, 15) is 14.7 Å². The molecule has 0 bridgehead atoms. The molecule has 0 aliphatic carbocycles. The summed E-state index contributed by atoms with van der Waals surface area (Å²) in [4.78, 5) is 38.2. The zero-order valence-corrected chi connectivity index (χ0v) is 23.1. The molecule has 0 spiro atoms. The Labute approximate surface area is 227 Å². The summed E-state index contributed by atoms with van der Waals surface area (Å²) in [6, 6.07) is 4.86. The van der Waals surface area contributed by atoms with Crippen LogP contribution in [0, 0.1) is 5.92 Å². The number of H-pyrrole nitrogens is 1. The van der Waals surface area contributed by atoms with Gasteiger partial charge in [0, 0.05) is 41.6 Å². The lowest BCUT2D eigenvalue weighted by atomic mass is 9.83. The Hall–Kier alpha value is -2.72. The number of likely N-dealkylation sites (tertiary alicyclic amines) is 1.